The van der Waals surface area contributed by atoms with Crippen LogP contribution >= 0.6 is 0 Å². The smallest absolute Gasteiger partial charge is 0.330 e. The Morgan fingerprint density at radius 2 is 1.80 bits per heavy atom. The summed E-state index contributed by atoms with van der Waals surface area (Å²) in [4.78, 5) is 52.8. The van der Waals surface area contributed by atoms with E-state index in [1.165, 1.54) is 33.7 Å². The Labute approximate surface area is 201 Å². The summed E-state index contributed by atoms with van der Waals surface area (Å²) < 4.78 is 1.20. The maximum atomic E-state index is 13.2. The molecular formula is C25H27N5O5. The normalized spacial score (nSPS) is 11.2. The molecule has 2 aromatic carbocycles. The number of nitrogens with zero attached hydrogens (tertiary/aromatic N) is 3. The van der Waals surface area contributed by atoms with Crippen LogP contribution in [-0.4, -0.2) is 26.9 Å². The molecule has 0 saturated heterocycles. The minimum atomic E-state index is -0.784. The van der Waals surface area contributed by atoms with E-state index in [0.29, 0.717) is 6.42 Å². The van der Waals surface area contributed by atoms with Gasteiger partial charge in [-0.2, -0.15) is 0 Å². The van der Waals surface area contributed by atoms with E-state index in [1.807, 2.05) is 44.2 Å². The number of nitrogens with one attached hydrogen (secondary N) is 1. The number of benzene rings is 2. The highest BCUT2D eigenvalue weighted by atomic mass is 16.6. The van der Waals surface area contributed by atoms with Gasteiger partial charge >= 0.3 is 5.69 Å². The maximum Gasteiger partial charge on any atom is 0.330 e. The van der Waals surface area contributed by atoms with Crippen molar-refractivity contribution in [2.24, 2.45) is 5.92 Å². The summed E-state index contributed by atoms with van der Waals surface area (Å²) in [5.74, 6) is -0.523. The molecule has 35 heavy (non-hydrogen) atoms. The number of carbonyl (C=O) groups excluding carboxylic acids is 1. The lowest BCUT2D eigenvalue weighted by atomic mass is 10.1. The van der Waals surface area contributed by atoms with E-state index in [0.717, 1.165) is 11.6 Å². The fourth-order valence-electron chi connectivity index (χ4n) is 3.53. The number of rotatable bonds is 9. The number of nitrogen functional groups attached to an aromatic ring is 1. The number of nitro benzene ring substituents is 1. The number of nitrogens with two attached hydrogens (primary N) is 1. The summed E-state index contributed by atoms with van der Waals surface area (Å²) in [5.41, 5.74) is 5.55. The third-order valence-corrected chi connectivity index (χ3v) is 5.40. The molecule has 0 unspecified atom stereocenters. The van der Waals surface area contributed by atoms with Crippen LogP contribution in [0.25, 0.3) is 6.08 Å². The van der Waals surface area contributed by atoms with Crippen molar-refractivity contribution in [2.45, 2.75) is 26.8 Å². The minimum absolute atomic E-state index is 0.105. The number of anilines is 2. The lowest BCUT2D eigenvalue weighted by Crippen LogP contribution is -2.41. The van der Waals surface area contributed by atoms with Crippen LogP contribution in [0.1, 0.15) is 31.4 Å². The molecule has 1 heterocycles. The molecule has 3 N–H and O–H groups in total. The third-order valence-electron chi connectivity index (χ3n) is 5.40. The summed E-state index contributed by atoms with van der Waals surface area (Å²) in [6, 6.07) is 15.1. The number of hydrogen-bond donors (Lipinski definition) is 2. The number of aromatic amines is 1. The Bertz CT molecular complexity index is 1360. The molecule has 0 bridgehead atoms. The second-order valence-corrected chi connectivity index (χ2v) is 8.39. The summed E-state index contributed by atoms with van der Waals surface area (Å²) in [6.07, 6.45) is 3.04. The summed E-state index contributed by atoms with van der Waals surface area (Å²) in [5, 5.41) is 11.3. The average molecular weight is 478 g/mol. The van der Waals surface area contributed by atoms with Crippen molar-refractivity contribution in [2.75, 3.05) is 17.2 Å². The molecule has 0 aliphatic rings. The van der Waals surface area contributed by atoms with Crippen molar-refractivity contribution in [3.8, 4) is 0 Å². The van der Waals surface area contributed by atoms with Crippen molar-refractivity contribution in [3.05, 3.63) is 103 Å². The van der Waals surface area contributed by atoms with Crippen molar-refractivity contribution in [1.82, 2.24) is 9.55 Å². The first kappa shape index (κ1) is 25.2. The van der Waals surface area contributed by atoms with Gasteiger partial charge in [-0.05, 0) is 30.0 Å². The molecular weight excluding hydrogens is 450 g/mol. The minimum Gasteiger partial charge on any atom is -0.383 e. The number of aromatic nitrogens is 2. The van der Waals surface area contributed by atoms with Gasteiger partial charge in [0.25, 0.3) is 17.2 Å². The summed E-state index contributed by atoms with van der Waals surface area (Å²) in [6.45, 7) is 4.20. The standard InChI is InChI=1S/C25H27N5O5/c1-17(2)14-15-28(21(31)13-12-19-10-6-7-11-20(19)30(34)35)22-23(26)29(25(33)27-24(22)32)16-18-8-4-3-5-9-18/h3-13,17H,14-16,26H2,1-2H3,(H,27,32,33)/b13-12+. The number of nitro groups is 1. The first-order valence-corrected chi connectivity index (χ1v) is 11.1. The molecule has 1 aromatic heterocycles. The Kier molecular flexibility index (Phi) is 7.98. The Hall–Kier alpha value is -4.47. The molecule has 0 radical (unpaired) electrons. The predicted octanol–water partition coefficient (Wildman–Crippen LogP) is 3.17. The maximum absolute atomic E-state index is 13.2. The lowest BCUT2D eigenvalue weighted by molar-refractivity contribution is -0.385. The fourth-order valence-corrected chi connectivity index (χ4v) is 3.53. The predicted molar refractivity (Wildman–Crippen MR) is 135 cm³/mol. The van der Waals surface area contributed by atoms with Crippen LogP contribution in [0, 0.1) is 16.0 Å². The first-order valence-electron chi connectivity index (χ1n) is 11.1. The molecule has 0 fully saturated rings. The van der Waals surface area contributed by atoms with Crippen LogP contribution in [0.4, 0.5) is 17.2 Å². The molecule has 10 nitrogen and oxygen atoms in total. The summed E-state index contributed by atoms with van der Waals surface area (Å²) in [7, 11) is 0. The van der Waals surface area contributed by atoms with Gasteiger partial charge in [0.1, 0.15) is 5.82 Å². The zero-order chi connectivity index (χ0) is 25.5. The number of amides is 1. The van der Waals surface area contributed by atoms with E-state index in [4.69, 9.17) is 5.73 Å². The zero-order valence-electron chi connectivity index (χ0n) is 19.5. The SMILES string of the molecule is CC(C)CCN(C(=O)/C=C/c1ccccc1[N+](=O)[O-])c1c(N)n(Cc2ccccc2)c(=O)[nH]c1=O. The molecule has 0 aliphatic carbocycles. The molecule has 3 rings (SSSR count). The first-order chi connectivity index (χ1) is 16.7. The van der Waals surface area contributed by atoms with E-state index in [1.54, 1.807) is 6.07 Å². The molecule has 3 aromatic rings. The lowest BCUT2D eigenvalue weighted by Gasteiger charge is -2.24. The topological polar surface area (TPSA) is 144 Å². The summed E-state index contributed by atoms with van der Waals surface area (Å²) >= 11 is 0. The van der Waals surface area contributed by atoms with Gasteiger partial charge in [0, 0.05) is 18.7 Å². The molecule has 0 saturated carbocycles. The van der Waals surface area contributed by atoms with Gasteiger partial charge in [-0.15, -0.1) is 0 Å². The average Bonchev–Trinajstić information content (AvgIpc) is 2.82. The van der Waals surface area contributed by atoms with Crippen molar-refractivity contribution in [3.63, 3.8) is 0 Å². The molecule has 10 heteroatoms. The van der Waals surface area contributed by atoms with E-state index < -0.39 is 22.1 Å². The van der Waals surface area contributed by atoms with Gasteiger partial charge in [-0.1, -0.05) is 56.3 Å². The van der Waals surface area contributed by atoms with Crippen molar-refractivity contribution in [1.29, 1.82) is 0 Å². The zero-order valence-corrected chi connectivity index (χ0v) is 19.5. The van der Waals surface area contributed by atoms with Crippen LogP contribution in [-0.2, 0) is 11.3 Å². The Morgan fingerprint density at radius 1 is 1.14 bits per heavy atom. The van der Waals surface area contributed by atoms with Crippen LogP contribution < -0.4 is 21.9 Å². The van der Waals surface area contributed by atoms with Gasteiger partial charge in [0.2, 0.25) is 0 Å². The number of hydrogen-bond acceptors (Lipinski definition) is 6. The largest absolute Gasteiger partial charge is 0.383 e. The molecule has 1 amide bonds. The van der Waals surface area contributed by atoms with Crippen LogP contribution in [0.2, 0.25) is 0 Å². The third kappa shape index (κ3) is 6.11. The van der Waals surface area contributed by atoms with Crippen LogP contribution in [0.5, 0.6) is 0 Å². The number of para-hydroxylation sites is 1. The molecule has 0 spiro atoms. The highest BCUT2D eigenvalue weighted by Crippen LogP contribution is 2.22. The Balaban J connectivity index is 2.05. The Morgan fingerprint density at radius 3 is 2.46 bits per heavy atom. The van der Waals surface area contributed by atoms with Crippen LogP contribution in [0.15, 0.2) is 70.3 Å². The molecule has 0 atom stereocenters. The number of carbonyl (C=O) groups is 1. The van der Waals surface area contributed by atoms with Gasteiger partial charge in [-0.25, -0.2) is 4.79 Å². The highest BCUT2D eigenvalue weighted by molar-refractivity contribution is 6.05. The van der Waals surface area contributed by atoms with Gasteiger partial charge in [0.05, 0.1) is 17.0 Å². The van der Waals surface area contributed by atoms with Crippen molar-refractivity contribution < 1.29 is 9.72 Å². The molecule has 182 valence electrons. The van der Waals surface area contributed by atoms with E-state index in [2.05, 4.69) is 4.98 Å². The second kappa shape index (κ2) is 11.1. The van der Waals surface area contributed by atoms with Crippen LogP contribution in [0.3, 0.4) is 0 Å². The highest BCUT2D eigenvalue weighted by Gasteiger charge is 2.23. The molecule has 0 aliphatic heterocycles. The van der Waals surface area contributed by atoms with E-state index in [9.17, 15) is 24.5 Å². The monoisotopic (exact) mass is 477 g/mol. The second-order valence-electron chi connectivity index (χ2n) is 8.39. The van der Waals surface area contributed by atoms with E-state index in [-0.39, 0.29) is 41.8 Å². The van der Waals surface area contributed by atoms with E-state index >= 15 is 0 Å². The quantitative estimate of drug-likeness (QED) is 0.275. The van der Waals surface area contributed by atoms with Gasteiger partial charge < -0.3 is 10.6 Å². The van der Waals surface area contributed by atoms with Gasteiger partial charge in [-0.3, -0.25) is 29.3 Å². The van der Waals surface area contributed by atoms with Gasteiger partial charge in [0.15, 0.2) is 5.69 Å². The van der Waals surface area contributed by atoms with Crippen molar-refractivity contribution >= 4 is 29.2 Å². The number of H-pyrrole nitrogens is 1. The fraction of sp³-hybridized carbons (Fsp3) is 0.240.